The summed E-state index contributed by atoms with van der Waals surface area (Å²) in [6.45, 7) is 0.549. The molecule has 0 N–H and O–H groups in total. The van der Waals surface area contributed by atoms with Gasteiger partial charge in [-0.15, -0.1) is 11.3 Å². The fraction of sp³-hybridized carbons (Fsp3) is 0.242. The molecule has 1 aliphatic rings. The minimum Gasteiger partial charge on any atom is -0.490 e. The summed E-state index contributed by atoms with van der Waals surface area (Å²) in [5.74, 6) is 1.95. The van der Waals surface area contributed by atoms with Crippen LogP contribution < -0.4 is 9.47 Å². The molecule has 0 spiro atoms. The Balaban J connectivity index is 1.18. The molecule has 1 aliphatic heterocycles. The summed E-state index contributed by atoms with van der Waals surface area (Å²) in [7, 11) is 0. The maximum Gasteiger partial charge on any atom is 0.123 e. The van der Waals surface area contributed by atoms with Crippen molar-refractivity contribution in [2.75, 3.05) is 0 Å². The van der Waals surface area contributed by atoms with Gasteiger partial charge in [0, 0.05) is 12.0 Å². The lowest BCUT2D eigenvalue weighted by atomic mass is 10.00. The minimum absolute atomic E-state index is 0.0715. The zero-order valence-electron chi connectivity index (χ0n) is 21.3. The zero-order valence-corrected chi connectivity index (χ0v) is 23.0. The van der Waals surface area contributed by atoms with E-state index in [2.05, 4.69) is 84.9 Å². The van der Waals surface area contributed by atoms with Gasteiger partial charge in [-0.25, -0.2) is 4.98 Å². The number of ether oxygens (including phenoxy) is 2. The summed E-state index contributed by atoms with van der Waals surface area (Å²) in [5, 5.41) is 1.14. The van der Waals surface area contributed by atoms with Crippen LogP contribution in [0.1, 0.15) is 45.4 Å². The van der Waals surface area contributed by atoms with Gasteiger partial charge in [0.2, 0.25) is 0 Å². The lowest BCUT2D eigenvalue weighted by Crippen LogP contribution is -2.13. The fourth-order valence-corrected chi connectivity index (χ4v) is 6.36. The number of thiol groups is 1. The van der Waals surface area contributed by atoms with Gasteiger partial charge in [0.25, 0.3) is 0 Å². The van der Waals surface area contributed by atoms with Crippen LogP contribution in [-0.2, 0) is 25.9 Å². The summed E-state index contributed by atoms with van der Waals surface area (Å²) in [5.41, 5.74) is 5.98. The molecule has 6 rings (SSSR count). The molecular weight excluding hydrogens is 507 g/mol. The van der Waals surface area contributed by atoms with Gasteiger partial charge < -0.3 is 9.47 Å². The van der Waals surface area contributed by atoms with Gasteiger partial charge in [-0.2, -0.15) is 12.6 Å². The Bertz CT molecular complexity index is 1470. The molecule has 0 radical (unpaired) electrons. The Morgan fingerprint density at radius 3 is 2.42 bits per heavy atom. The van der Waals surface area contributed by atoms with Crippen molar-refractivity contribution < 1.29 is 9.47 Å². The predicted octanol–water partition coefficient (Wildman–Crippen LogP) is 8.42. The second-order valence-corrected chi connectivity index (χ2v) is 11.6. The molecule has 0 saturated heterocycles. The number of hydrogen-bond donors (Lipinski definition) is 1. The molecule has 2 atom stereocenters. The van der Waals surface area contributed by atoms with E-state index in [4.69, 9.17) is 27.1 Å². The zero-order chi connectivity index (χ0) is 25.7. The molecule has 2 heterocycles. The second kappa shape index (κ2) is 11.6. The third kappa shape index (κ3) is 5.90. The van der Waals surface area contributed by atoms with Gasteiger partial charge in [-0.05, 0) is 66.6 Å². The normalized spacial score (nSPS) is 15.2. The fourth-order valence-electron chi connectivity index (χ4n) is 5.03. The lowest BCUT2D eigenvalue weighted by Gasteiger charge is -2.15. The highest BCUT2D eigenvalue weighted by Crippen LogP contribution is 2.39. The van der Waals surface area contributed by atoms with Crippen molar-refractivity contribution in [3.8, 4) is 11.5 Å². The van der Waals surface area contributed by atoms with Crippen molar-refractivity contribution in [1.29, 1.82) is 0 Å². The number of aryl methyl sites for hydroxylation is 2. The molecule has 4 aromatic carbocycles. The molecule has 0 amide bonds. The molecule has 2 unspecified atom stereocenters. The standard InChI is InChI=1S/C33H31NO2S2/c37-31(33-34-28-13-7-8-14-32(28)38-33)18-16-25-20-30-26(21-29(25)35-22-24-11-5-2-6-12-24)19-27(36-30)17-15-23-9-3-1-4-10-23/h1-14,20-21,27,31,37H,15-19,22H2. The summed E-state index contributed by atoms with van der Waals surface area (Å²) < 4.78 is 14.0. The quantitative estimate of drug-likeness (QED) is 0.181. The van der Waals surface area contributed by atoms with E-state index in [1.54, 1.807) is 11.3 Å². The van der Waals surface area contributed by atoms with Crippen LogP contribution in [0.2, 0.25) is 0 Å². The highest BCUT2D eigenvalue weighted by Gasteiger charge is 2.25. The molecule has 0 bridgehead atoms. The first kappa shape index (κ1) is 25.0. The third-order valence-electron chi connectivity index (χ3n) is 7.10. The van der Waals surface area contributed by atoms with Crippen molar-refractivity contribution in [2.45, 2.75) is 50.1 Å². The summed E-state index contributed by atoms with van der Waals surface area (Å²) in [6.07, 6.45) is 4.87. The number of benzene rings is 4. The van der Waals surface area contributed by atoms with Crippen LogP contribution in [0.25, 0.3) is 10.2 Å². The van der Waals surface area contributed by atoms with E-state index in [1.165, 1.54) is 21.4 Å². The monoisotopic (exact) mass is 537 g/mol. The number of nitrogens with zero attached hydrogens (tertiary/aromatic N) is 1. The second-order valence-electron chi connectivity index (χ2n) is 9.88. The lowest BCUT2D eigenvalue weighted by molar-refractivity contribution is 0.221. The average molecular weight is 538 g/mol. The Morgan fingerprint density at radius 2 is 1.63 bits per heavy atom. The Labute approximate surface area is 233 Å². The van der Waals surface area contributed by atoms with Crippen LogP contribution >= 0.6 is 24.0 Å². The van der Waals surface area contributed by atoms with Crippen LogP contribution in [-0.4, -0.2) is 11.1 Å². The SMILES string of the molecule is SC(CCc1cc2c(cc1OCc1ccccc1)CC(CCc1ccccc1)O2)c1nc2ccccc2s1. The summed E-state index contributed by atoms with van der Waals surface area (Å²) in [6, 6.07) is 33.7. The van der Waals surface area contributed by atoms with Crippen molar-refractivity contribution >= 4 is 34.2 Å². The largest absolute Gasteiger partial charge is 0.490 e. The maximum atomic E-state index is 6.43. The molecule has 3 nitrogen and oxygen atoms in total. The third-order valence-corrected chi connectivity index (χ3v) is 8.93. The van der Waals surface area contributed by atoms with E-state index in [9.17, 15) is 0 Å². The van der Waals surface area contributed by atoms with Crippen LogP contribution in [0, 0.1) is 0 Å². The van der Waals surface area contributed by atoms with Crippen LogP contribution in [0.5, 0.6) is 11.5 Å². The minimum atomic E-state index is 0.0715. The van der Waals surface area contributed by atoms with E-state index >= 15 is 0 Å². The van der Waals surface area contributed by atoms with Crippen LogP contribution in [0.3, 0.4) is 0 Å². The molecule has 1 aromatic heterocycles. The number of aromatic nitrogens is 1. The Kier molecular flexibility index (Phi) is 7.66. The van der Waals surface area contributed by atoms with Gasteiger partial charge in [0.1, 0.15) is 29.2 Å². The Morgan fingerprint density at radius 1 is 0.895 bits per heavy atom. The molecule has 38 heavy (non-hydrogen) atoms. The molecule has 5 aromatic rings. The van der Waals surface area contributed by atoms with Gasteiger partial charge in [0.05, 0.1) is 15.5 Å². The van der Waals surface area contributed by atoms with E-state index in [0.717, 1.165) is 59.7 Å². The molecule has 5 heteroatoms. The first-order valence-electron chi connectivity index (χ1n) is 13.3. The van der Waals surface area contributed by atoms with E-state index in [0.29, 0.717) is 6.61 Å². The Hall–Kier alpha value is -3.28. The highest BCUT2D eigenvalue weighted by molar-refractivity contribution is 7.80. The van der Waals surface area contributed by atoms with Crippen molar-refractivity contribution in [2.24, 2.45) is 0 Å². The summed E-state index contributed by atoms with van der Waals surface area (Å²) >= 11 is 6.67. The van der Waals surface area contributed by atoms with Gasteiger partial charge >= 0.3 is 0 Å². The summed E-state index contributed by atoms with van der Waals surface area (Å²) in [4.78, 5) is 4.82. The average Bonchev–Trinajstić information content (AvgIpc) is 3.58. The van der Waals surface area contributed by atoms with Crippen molar-refractivity contribution in [1.82, 2.24) is 4.98 Å². The van der Waals surface area contributed by atoms with Crippen LogP contribution in [0.15, 0.2) is 97.1 Å². The number of hydrogen-bond acceptors (Lipinski definition) is 5. The molecule has 0 aliphatic carbocycles. The van der Waals surface area contributed by atoms with E-state index < -0.39 is 0 Å². The molecular formula is C33H31NO2S2. The van der Waals surface area contributed by atoms with Crippen molar-refractivity contribution in [3.63, 3.8) is 0 Å². The number of rotatable bonds is 10. The van der Waals surface area contributed by atoms with Gasteiger partial charge in [0.15, 0.2) is 0 Å². The van der Waals surface area contributed by atoms with E-state index in [1.807, 2.05) is 12.1 Å². The molecule has 0 saturated carbocycles. The van der Waals surface area contributed by atoms with Crippen LogP contribution in [0.4, 0.5) is 0 Å². The van der Waals surface area contributed by atoms with E-state index in [-0.39, 0.29) is 11.4 Å². The number of para-hydroxylation sites is 1. The number of thiazole rings is 1. The topological polar surface area (TPSA) is 31.4 Å². The highest BCUT2D eigenvalue weighted by atomic mass is 32.1. The number of fused-ring (bicyclic) bond motifs is 2. The van der Waals surface area contributed by atoms with Gasteiger partial charge in [-0.1, -0.05) is 72.8 Å². The molecule has 0 fully saturated rings. The first-order valence-corrected chi connectivity index (χ1v) is 14.6. The van der Waals surface area contributed by atoms with Crippen molar-refractivity contribution in [3.05, 3.63) is 124 Å². The predicted molar refractivity (Wildman–Crippen MR) is 160 cm³/mol. The smallest absolute Gasteiger partial charge is 0.123 e. The first-order chi connectivity index (χ1) is 18.7. The van der Waals surface area contributed by atoms with Gasteiger partial charge in [-0.3, -0.25) is 0 Å². The maximum absolute atomic E-state index is 6.43. The molecule has 192 valence electrons.